The molecule has 0 amide bonds. The van der Waals surface area contributed by atoms with Gasteiger partial charge < -0.3 is 9.64 Å². The van der Waals surface area contributed by atoms with Crippen molar-refractivity contribution in [2.75, 3.05) is 39.6 Å². The van der Waals surface area contributed by atoms with Crippen molar-refractivity contribution in [1.29, 1.82) is 0 Å². The Bertz CT molecular complexity index is 360. The van der Waals surface area contributed by atoms with Crippen LogP contribution >= 0.6 is 7.92 Å². The first kappa shape index (κ1) is 19.4. The lowest BCUT2D eigenvalue weighted by Crippen LogP contribution is -2.32. The van der Waals surface area contributed by atoms with Gasteiger partial charge in [-0.15, -0.1) is 0 Å². The van der Waals surface area contributed by atoms with Gasteiger partial charge in [-0.1, -0.05) is 47.7 Å². The van der Waals surface area contributed by atoms with E-state index in [2.05, 4.69) is 37.1 Å². The molecule has 0 N–H and O–H groups in total. The van der Waals surface area contributed by atoms with E-state index >= 15 is 0 Å². The molecule has 2 nitrogen and oxygen atoms in total. The van der Waals surface area contributed by atoms with Crippen LogP contribution < -0.4 is 10.0 Å². The summed E-state index contributed by atoms with van der Waals surface area (Å²) >= 11 is 0. The Morgan fingerprint density at radius 2 is 1.60 bits per heavy atom. The molecule has 1 saturated heterocycles. The Kier molecular flexibility index (Phi) is 10.8. The summed E-state index contributed by atoms with van der Waals surface area (Å²) in [5.41, 5.74) is 1.23. The molecule has 0 atom stereocenters. The van der Waals surface area contributed by atoms with Crippen molar-refractivity contribution in [3.05, 3.63) is 23.8 Å². The summed E-state index contributed by atoms with van der Waals surface area (Å²) in [7, 11) is 4.02. The minimum absolute atomic E-state index is 0.0506. The summed E-state index contributed by atoms with van der Waals surface area (Å²) in [4.78, 5) is 2.42. The van der Waals surface area contributed by atoms with Crippen molar-refractivity contribution < 1.29 is 4.74 Å². The van der Waals surface area contributed by atoms with E-state index < -0.39 is 0 Å². The van der Waals surface area contributed by atoms with Crippen LogP contribution in [0.4, 0.5) is 0 Å². The maximum atomic E-state index is 5.40. The van der Waals surface area contributed by atoms with Gasteiger partial charge >= 0.3 is 0 Å². The average molecular weight is 297 g/mol. The van der Waals surface area contributed by atoms with E-state index in [1.165, 1.54) is 36.3 Å². The number of aryl methyl sites for hydroxylation is 1. The number of nitrogens with zero attached hydrogens (tertiary/aromatic N) is 1. The largest absolute Gasteiger partial charge is 0.496 e. The average Bonchev–Trinajstić information content (AvgIpc) is 2.53. The smallest absolute Gasteiger partial charge is 0.122 e. The zero-order chi connectivity index (χ0) is 15.5. The molecule has 1 fully saturated rings. The molecule has 0 aromatic heterocycles. The second kappa shape index (κ2) is 11.1. The van der Waals surface area contributed by atoms with E-state index in [0.29, 0.717) is 0 Å². The van der Waals surface area contributed by atoms with Gasteiger partial charge in [-0.3, -0.25) is 0 Å². The first-order chi connectivity index (χ1) is 9.70. The molecule has 1 aromatic rings. The molecule has 0 saturated carbocycles. The third-order valence-electron chi connectivity index (χ3n) is 3.26. The minimum atomic E-state index is 0.0506. The molecule has 1 aliphatic rings. The van der Waals surface area contributed by atoms with Gasteiger partial charge in [-0.2, -0.15) is 0 Å². The third-order valence-corrected chi connectivity index (χ3v) is 5.75. The summed E-state index contributed by atoms with van der Waals surface area (Å²) < 4.78 is 5.40. The van der Waals surface area contributed by atoms with Crippen LogP contribution in [0.3, 0.4) is 0 Å². The van der Waals surface area contributed by atoms with Gasteiger partial charge in [0.15, 0.2) is 0 Å². The minimum Gasteiger partial charge on any atom is -0.496 e. The molecule has 1 aliphatic heterocycles. The molecule has 3 heteroatoms. The summed E-state index contributed by atoms with van der Waals surface area (Å²) in [5.74, 6) is 1.04. The van der Waals surface area contributed by atoms with Crippen LogP contribution in [-0.2, 0) is 0 Å². The summed E-state index contributed by atoms with van der Waals surface area (Å²) in [6.45, 7) is 12.6. The van der Waals surface area contributed by atoms with Gasteiger partial charge in [0.1, 0.15) is 5.75 Å². The number of hydrogen-bond donors (Lipinski definition) is 0. The first-order valence-electron chi connectivity index (χ1n) is 7.79. The molecule has 1 aromatic carbocycles. The van der Waals surface area contributed by atoms with Crippen molar-refractivity contribution in [2.24, 2.45) is 0 Å². The lowest BCUT2D eigenvalue weighted by Gasteiger charge is -2.29. The number of benzene rings is 1. The number of rotatable bonds is 2. The Labute approximate surface area is 127 Å². The molecule has 0 radical (unpaired) electrons. The Hall–Kier alpha value is -0.590. The highest BCUT2D eigenvalue weighted by atomic mass is 31.1. The maximum absolute atomic E-state index is 5.40. The molecule has 0 aliphatic carbocycles. The van der Waals surface area contributed by atoms with Gasteiger partial charge in [0.05, 0.1) is 7.11 Å². The van der Waals surface area contributed by atoms with Crippen LogP contribution in [0.15, 0.2) is 18.2 Å². The second-order valence-electron chi connectivity index (χ2n) is 4.44. The van der Waals surface area contributed by atoms with Crippen molar-refractivity contribution in [3.8, 4) is 5.75 Å². The van der Waals surface area contributed by atoms with Crippen molar-refractivity contribution in [2.45, 2.75) is 34.6 Å². The van der Waals surface area contributed by atoms with Gasteiger partial charge in [0, 0.05) is 13.1 Å². The van der Waals surface area contributed by atoms with Crippen LogP contribution in [0, 0.1) is 6.92 Å². The monoisotopic (exact) mass is 297 g/mol. The fraction of sp³-hybridized carbons (Fsp3) is 0.647. The molecular weight excluding hydrogens is 265 g/mol. The van der Waals surface area contributed by atoms with Crippen molar-refractivity contribution in [1.82, 2.24) is 4.90 Å². The zero-order valence-corrected chi connectivity index (χ0v) is 15.3. The Morgan fingerprint density at radius 1 is 1.05 bits per heavy atom. The Morgan fingerprint density at radius 3 is 2.10 bits per heavy atom. The summed E-state index contributed by atoms with van der Waals surface area (Å²) in [6, 6.07) is 6.72. The van der Waals surface area contributed by atoms with E-state index in [-0.39, 0.29) is 7.92 Å². The highest BCUT2D eigenvalue weighted by Gasteiger charge is 2.18. The van der Waals surface area contributed by atoms with E-state index in [4.69, 9.17) is 4.74 Å². The van der Waals surface area contributed by atoms with Gasteiger partial charge in [-0.05, 0) is 43.2 Å². The lowest BCUT2D eigenvalue weighted by atomic mass is 10.2. The van der Waals surface area contributed by atoms with E-state index in [1.54, 1.807) is 7.11 Å². The fourth-order valence-corrected chi connectivity index (χ4v) is 4.56. The molecule has 20 heavy (non-hydrogen) atoms. The van der Waals surface area contributed by atoms with Crippen LogP contribution in [0.1, 0.15) is 33.3 Å². The second-order valence-corrected chi connectivity index (χ2v) is 6.93. The molecule has 0 unspecified atom stereocenters. The molecule has 0 spiro atoms. The quantitative estimate of drug-likeness (QED) is 0.762. The SMILES string of the molecule is CC.CC.COc1cc(P2CCN(C)CC2)ccc1C. The van der Waals surface area contributed by atoms with Gasteiger partial charge in [0.25, 0.3) is 0 Å². The van der Waals surface area contributed by atoms with Gasteiger partial charge in [-0.25, -0.2) is 0 Å². The van der Waals surface area contributed by atoms with E-state index in [0.717, 1.165) is 5.75 Å². The van der Waals surface area contributed by atoms with E-state index in [9.17, 15) is 0 Å². The van der Waals surface area contributed by atoms with Crippen LogP contribution in [0.5, 0.6) is 5.75 Å². The van der Waals surface area contributed by atoms with Crippen LogP contribution in [0.25, 0.3) is 0 Å². The molecular formula is C17H32NOP. The first-order valence-corrected chi connectivity index (χ1v) is 9.50. The summed E-state index contributed by atoms with van der Waals surface area (Å²) in [6.07, 6.45) is 2.66. The molecule has 0 bridgehead atoms. The fourth-order valence-electron chi connectivity index (χ4n) is 2.07. The lowest BCUT2D eigenvalue weighted by molar-refractivity contribution is 0.369. The topological polar surface area (TPSA) is 12.5 Å². The highest BCUT2D eigenvalue weighted by Crippen LogP contribution is 2.37. The number of hydrogen-bond acceptors (Lipinski definition) is 2. The predicted molar refractivity (Wildman–Crippen MR) is 94.2 cm³/mol. The number of methoxy groups -OCH3 is 1. The van der Waals surface area contributed by atoms with Crippen molar-refractivity contribution in [3.63, 3.8) is 0 Å². The third kappa shape index (κ3) is 5.81. The standard InChI is InChI=1S/C13H20NOP.2C2H6/c1-11-4-5-12(10-13(11)15-3)16-8-6-14(2)7-9-16;2*1-2/h4-5,10H,6-9H2,1-3H3;2*1-2H3. The predicted octanol–water partition coefficient (Wildman–Crippen LogP) is 4.11. The highest BCUT2D eigenvalue weighted by molar-refractivity contribution is 7.65. The summed E-state index contributed by atoms with van der Waals surface area (Å²) in [5, 5.41) is 1.51. The van der Waals surface area contributed by atoms with Gasteiger partial charge in [0.2, 0.25) is 0 Å². The Balaban J connectivity index is 0.000000829. The molecule has 1 heterocycles. The van der Waals surface area contributed by atoms with Crippen molar-refractivity contribution >= 4 is 13.2 Å². The van der Waals surface area contributed by atoms with Crippen LogP contribution in [-0.4, -0.2) is 44.5 Å². The number of ether oxygens (including phenoxy) is 1. The maximum Gasteiger partial charge on any atom is 0.122 e. The molecule has 2 rings (SSSR count). The zero-order valence-electron chi connectivity index (χ0n) is 14.4. The normalized spacial score (nSPS) is 15.6. The van der Waals surface area contributed by atoms with Crippen LogP contribution in [0.2, 0.25) is 0 Å². The van der Waals surface area contributed by atoms with E-state index in [1.807, 2.05) is 27.7 Å². The molecule has 116 valence electrons.